The normalized spacial score (nSPS) is 17.7. The number of carboxylic acid groups (broad SMARTS) is 1. The Balaban J connectivity index is 5.12. The van der Waals surface area contributed by atoms with Crippen LogP contribution in [-0.4, -0.2) is 58.6 Å². The third-order valence-electron chi connectivity index (χ3n) is 5.24. The number of carbonyl (C=O) groups excluding carboxylic acids is 1. The van der Waals surface area contributed by atoms with E-state index >= 15 is 0 Å². The zero-order valence-electron chi connectivity index (χ0n) is 17.9. The second kappa shape index (κ2) is 12.5. The van der Waals surface area contributed by atoms with Gasteiger partial charge < -0.3 is 26.6 Å². The van der Waals surface area contributed by atoms with Crippen LogP contribution in [0.25, 0.3) is 0 Å². The number of carbonyl (C=O) groups is 2. The van der Waals surface area contributed by atoms with Crippen LogP contribution in [0, 0.1) is 11.3 Å². The Hall–Kier alpha value is -1.09. The minimum absolute atomic E-state index is 0.0481. The molecule has 0 saturated carbocycles. The van der Waals surface area contributed by atoms with Crippen molar-refractivity contribution in [2.24, 2.45) is 17.1 Å². The number of hydrogen-bond donors (Lipinski definition) is 6. The Kier molecular flexibility index (Phi) is 12.0. The predicted octanol–water partition coefficient (Wildman–Crippen LogP) is 1.56. The standard InChI is InChI=1S/C20H39N3O4S/c1-6-14(2)16(22-12-15(21)13-28)8-7-9-17(25)23-20(10-11-24,18(26)27)19(3,4)5/h7-8,14-16,22,24,28H,6,9-13,21H2,1-5H3,(H,23,25)(H,26,27)/b8-7+/t14-,15+,16+,20-/m0/s1. The first-order chi connectivity index (χ1) is 12.9. The summed E-state index contributed by atoms with van der Waals surface area (Å²) < 4.78 is 0. The number of aliphatic hydroxyl groups is 1. The van der Waals surface area contributed by atoms with E-state index in [1.807, 2.05) is 6.08 Å². The molecule has 0 unspecified atom stereocenters. The molecule has 0 aromatic heterocycles. The van der Waals surface area contributed by atoms with Gasteiger partial charge in [0.15, 0.2) is 0 Å². The maximum atomic E-state index is 12.5. The molecule has 0 saturated heterocycles. The number of nitrogens with one attached hydrogen (secondary N) is 2. The Morgan fingerprint density at radius 1 is 1.29 bits per heavy atom. The lowest BCUT2D eigenvalue weighted by molar-refractivity contribution is -0.154. The Morgan fingerprint density at radius 2 is 1.89 bits per heavy atom. The van der Waals surface area contributed by atoms with E-state index in [9.17, 15) is 19.8 Å². The third kappa shape index (κ3) is 8.11. The highest BCUT2D eigenvalue weighted by Crippen LogP contribution is 2.33. The van der Waals surface area contributed by atoms with Gasteiger partial charge in [0.1, 0.15) is 5.54 Å². The zero-order chi connectivity index (χ0) is 22.0. The molecule has 164 valence electrons. The average molecular weight is 418 g/mol. The lowest BCUT2D eigenvalue weighted by Gasteiger charge is -2.41. The van der Waals surface area contributed by atoms with Gasteiger partial charge in [-0.05, 0) is 11.3 Å². The van der Waals surface area contributed by atoms with E-state index in [0.717, 1.165) is 6.42 Å². The highest BCUT2D eigenvalue weighted by molar-refractivity contribution is 7.80. The fraction of sp³-hybridized carbons (Fsp3) is 0.800. The molecule has 0 aliphatic heterocycles. The molecule has 0 heterocycles. The van der Waals surface area contributed by atoms with Crippen LogP contribution >= 0.6 is 12.6 Å². The molecule has 0 rings (SSSR count). The monoisotopic (exact) mass is 417 g/mol. The summed E-state index contributed by atoms with van der Waals surface area (Å²) in [5, 5.41) is 25.1. The molecule has 0 bridgehead atoms. The van der Waals surface area contributed by atoms with E-state index < -0.39 is 22.8 Å². The minimum Gasteiger partial charge on any atom is -0.479 e. The maximum absolute atomic E-state index is 12.5. The molecule has 0 spiro atoms. The van der Waals surface area contributed by atoms with Crippen molar-refractivity contribution in [3.05, 3.63) is 12.2 Å². The molecule has 7 nitrogen and oxygen atoms in total. The van der Waals surface area contributed by atoms with E-state index in [4.69, 9.17) is 5.73 Å². The molecular weight excluding hydrogens is 378 g/mol. The second-order valence-corrected chi connectivity index (χ2v) is 8.74. The van der Waals surface area contributed by atoms with E-state index in [0.29, 0.717) is 18.2 Å². The van der Waals surface area contributed by atoms with Crippen LogP contribution in [0.4, 0.5) is 0 Å². The number of carboxylic acids is 1. The smallest absolute Gasteiger partial charge is 0.330 e. The van der Waals surface area contributed by atoms with Crippen molar-refractivity contribution < 1.29 is 19.8 Å². The summed E-state index contributed by atoms with van der Waals surface area (Å²) in [6.07, 6.45) is 4.65. The largest absolute Gasteiger partial charge is 0.479 e. The average Bonchev–Trinajstić information content (AvgIpc) is 2.61. The number of nitrogens with two attached hydrogens (primary N) is 1. The summed E-state index contributed by atoms with van der Waals surface area (Å²) in [6.45, 7) is 9.71. The summed E-state index contributed by atoms with van der Waals surface area (Å²) in [5.41, 5.74) is 3.62. The summed E-state index contributed by atoms with van der Waals surface area (Å²) in [4.78, 5) is 24.4. The van der Waals surface area contributed by atoms with Gasteiger partial charge in [-0.2, -0.15) is 12.6 Å². The van der Waals surface area contributed by atoms with Crippen molar-refractivity contribution in [1.82, 2.24) is 10.6 Å². The third-order valence-corrected chi connectivity index (χ3v) is 5.71. The van der Waals surface area contributed by atoms with Gasteiger partial charge in [0.2, 0.25) is 5.91 Å². The van der Waals surface area contributed by atoms with E-state index in [2.05, 4.69) is 37.1 Å². The molecule has 0 fully saturated rings. The van der Waals surface area contributed by atoms with Crippen LogP contribution < -0.4 is 16.4 Å². The molecule has 0 aromatic rings. The first-order valence-electron chi connectivity index (χ1n) is 9.86. The van der Waals surface area contributed by atoms with Gasteiger partial charge in [-0.1, -0.05) is 53.2 Å². The van der Waals surface area contributed by atoms with Crippen LogP contribution in [-0.2, 0) is 9.59 Å². The number of hydrogen-bond acceptors (Lipinski definition) is 6. The Bertz CT molecular complexity index is 522. The van der Waals surface area contributed by atoms with Crippen LogP contribution in [0.15, 0.2) is 12.2 Å². The van der Waals surface area contributed by atoms with Crippen molar-refractivity contribution in [2.45, 2.75) is 71.5 Å². The van der Waals surface area contributed by atoms with Gasteiger partial charge >= 0.3 is 5.97 Å². The second-order valence-electron chi connectivity index (χ2n) is 8.38. The van der Waals surface area contributed by atoms with Crippen molar-refractivity contribution >= 4 is 24.5 Å². The lowest BCUT2D eigenvalue weighted by atomic mass is 9.71. The van der Waals surface area contributed by atoms with Crippen LogP contribution in [0.3, 0.4) is 0 Å². The fourth-order valence-electron chi connectivity index (χ4n) is 2.95. The van der Waals surface area contributed by atoms with E-state index in [1.54, 1.807) is 26.8 Å². The van der Waals surface area contributed by atoms with Crippen molar-refractivity contribution in [3.8, 4) is 0 Å². The molecule has 0 aliphatic rings. The highest BCUT2D eigenvalue weighted by Gasteiger charge is 2.49. The molecule has 0 aliphatic carbocycles. The molecule has 28 heavy (non-hydrogen) atoms. The summed E-state index contributed by atoms with van der Waals surface area (Å²) in [5.74, 6) is -0.599. The topological polar surface area (TPSA) is 125 Å². The molecule has 8 heteroatoms. The van der Waals surface area contributed by atoms with E-state index in [1.165, 1.54) is 0 Å². The van der Waals surface area contributed by atoms with Crippen molar-refractivity contribution in [3.63, 3.8) is 0 Å². The molecule has 6 N–H and O–H groups in total. The minimum atomic E-state index is -1.53. The summed E-state index contributed by atoms with van der Waals surface area (Å²) in [7, 11) is 0. The van der Waals surface area contributed by atoms with Gasteiger partial charge in [0, 0.05) is 43.8 Å². The van der Waals surface area contributed by atoms with Crippen LogP contribution in [0.2, 0.25) is 0 Å². The van der Waals surface area contributed by atoms with Crippen molar-refractivity contribution in [2.75, 3.05) is 18.9 Å². The summed E-state index contributed by atoms with van der Waals surface area (Å²) in [6, 6.07) is 0.0149. The molecular formula is C20H39N3O4S. The number of thiol groups is 1. The number of rotatable bonds is 13. The van der Waals surface area contributed by atoms with E-state index in [-0.39, 0.29) is 31.5 Å². The maximum Gasteiger partial charge on any atom is 0.330 e. The van der Waals surface area contributed by atoms with Crippen molar-refractivity contribution in [1.29, 1.82) is 0 Å². The quantitative estimate of drug-likeness (QED) is 0.200. The molecule has 0 aromatic carbocycles. The van der Waals surface area contributed by atoms with Gasteiger partial charge in [0.05, 0.1) is 0 Å². The van der Waals surface area contributed by atoms with Crippen LogP contribution in [0.1, 0.15) is 53.9 Å². The van der Waals surface area contributed by atoms with Gasteiger partial charge in [-0.3, -0.25) is 4.79 Å². The first kappa shape index (κ1) is 26.9. The molecule has 0 radical (unpaired) electrons. The Labute approximate surface area is 174 Å². The predicted molar refractivity (Wildman–Crippen MR) is 116 cm³/mol. The number of amides is 1. The number of aliphatic hydroxyl groups excluding tert-OH is 1. The SMILES string of the molecule is CC[C@H](C)[C@@H](/C=C/CC(=O)N[C@@](CCO)(C(=O)O)C(C)(C)C)NC[C@@H](N)CS. The first-order valence-corrected chi connectivity index (χ1v) is 10.5. The van der Waals surface area contributed by atoms with Crippen LogP contribution in [0.5, 0.6) is 0 Å². The van der Waals surface area contributed by atoms with Gasteiger partial charge in [0.25, 0.3) is 0 Å². The molecule has 4 atom stereocenters. The zero-order valence-corrected chi connectivity index (χ0v) is 18.8. The summed E-state index contributed by atoms with van der Waals surface area (Å²) >= 11 is 4.18. The lowest BCUT2D eigenvalue weighted by Crippen LogP contribution is -2.62. The van der Waals surface area contributed by atoms with Gasteiger partial charge in [-0.15, -0.1) is 0 Å². The van der Waals surface area contributed by atoms with Gasteiger partial charge in [-0.25, -0.2) is 4.79 Å². The fourth-order valence-corrected chi connectivity index (χ4v) is 3.08. The molecule has 1 amide bonds. The highest BCUT2D eigenvalue weighted by atomic mass is 32.1. The number of aliphatic carboxylic acids is 1. The Morgan fingerprint density at radius 3 is 2.32 bits per heavy atom.